The van der Waals surface area contributed by atoms with Crippen molar-refractivity contribution < 1.29 is 27.5 Å². The summed E-state index contributed by atoms with van der Waals surface area (Å²) in [5, 5.41) is 13.6. The molecule has 1 aromatic heterocycles. The number of aromatic nitrogens is 2. The SMILES string of the molecule is COc1ccc(/C=C2\S/C(=N/c3nnc(SCC(=O)Nc4cccc(C(F)(F)F)c4)s3)NC2=O)cc1. The highest BCUT2D eigenvalue weighted by atomic mass is 32.2. The molecule has 1 aliphatic rings. The van der Waals surface area contributed by atoms with Gasteiger partial charge in [0.05, 0.1) is 23.3 Å². The van der Waals surface area contributed by atoms with Gasteiger partial charge in [-0.25, -0.2) is 0 Å². The Morgan fingerprint density at radius 3 is 2.72 bits per heavy atom. The van der Waals surface area contributed by atoms with Crippen LogP contribution in [0.3, 0.4) is 0 Å². The van der Waals surface area contributed by atoms with E-state index in [9.17, 15) is 22.8 Å². The van der Waals surface area contributed by atoms with Crippen LogP contribution in [0.5, 0.6) is 5.75 Å². The first-order valence-electron chi connectivity index (χ1n) is 10.1. The number of alkyl halides is 3. The molecule has 0 spiro atoms. The maximum Gasteiger partial charge on any atom is 0.416 e. The minimum atomic E-state index is -4.50. The van der Waals surface area contributed by atoms with E-state index in [-0.39, 0.29) is 22.5 Å². The molecule has 2 aromatic carbocycles. The number of nitrogens with one attached hydrogen (secondary N) is 2. The molecule has 0 saturated carbocycles. The molecule has 8 nitrogen and oxygen atoms in total. The average Bonchev–Trinajstić information content (AvgIpc) is 3.43. The molecule has 2 N–H and O–H groups in total. The van der Waals surface area contributed by atoms with Crippen molar-refractivity contribution in [1.29, 1.82) is 0 Å². The van der Waals surface area contributed by atoms with Crippen LogP contribution < -0.4 is 15.4 Å². The number of hydrogen-bond donors (Lipinski definition) is 2. The van der Waals surface area contributed by atoms with E-state index in [0.717, 1.165) is 52.6 Å². The second-order valence-electron chi connectivity index (χ2n) is 7.02. The number of aliphatic imine (C=N–C) groups is 1. The van der Waals surface area contributed by atoms with Gasteiger partial charge in [-0.15, -0.1) is 10.2 Å². The van der Waals surface area contributed by atoms with E-state index in [1.54, 1.807) is 25.3 Å². The van der Waals surface area contributed by atoms with Gasteiger partial charge in [-0.2, -0.15) is 18.2 Å². The molecule has 1 fully saturated rings. The predicted molar refractivity (Wildman–Crippen MR) is 135 cm³/mol. The van der Waals surface area contributed by atoms with E-state index < -0.39 is 17.6 Å². The van der Waals surface area contributed by atoms with Gasteiger partial charge < -0.3 is 15.4 Å². The maximum absolute atomic E-state index is 12.8. The molecule has 1 aliphatic heterocycles. The number of methoxy groups -OCH3 is 1. The molecular weight excluding hydrogens is 535 g/mol. The molecule has 3 aromatic rings. The second kappa shape index (κ2) is 11.1. The molecule has 0 bridgehead atoms. The number of amidine groups is 1. The van der Waals surface area contributed by atoms with Gasteiger partial charge in [-0.05, 0) is 53.7 Å². The first-order valence-corrected chi connectivity index (χ1v) is 12.7. The largest absolute Gasteiger partial charge is 0.497 e. The van der Waals surface area contributed by atoms with Gasteiger partial charge in [0.15, 0.2) is 9.51 Å². The lowest BCUT2D eigenvalue weighted by Crippen LogP contribution is -2.19. The van der Waals surface area contributed by atoms with Gasteiger partial charge in [-0.3, -0.25) is 9.59 Å². The number of carbonyl (C=O) groups is 2. The van der Waals surface area contributed by atoms with E-state index in [1.165, 1.54) is 12.1 Å². The summed E-state index contributed by atoms with van der Waals surface area (Å²) < 4.78 is 44.0. The fourth-order valence-electron chi connectivity index (χ4n) is 2.82. The molecule has 186 valence electrons. The van der Waals surface area contributed by atoms with Crippen molar-refractivity contribution >= 4 is 68.7 Å². The molecule has 0 unspecified atom stereocenters. The third kappa shape index (κ3) is 6.86. The van der Waals surface area contributed by atoms with E-state index in [4.69, 9.17) is 4.74 Å². The minimum absolute atomic E-state index is 0.0484. The fraction of sp³-hybridized carbons (Fsp3) is 0.136. The monoisotopic (exact) mass is 551 g/mol. The number of carbonyl (C=O) groups excluding carboxylic acids is 2. The smallest absolute Gasteiger partial charge is 0.416 e. The normalized spacial score (nSPS) is 15.8. The van der Waals surface area contributed by atoms with Gasteiger partial charge in [0.2, 0.25) is 11.0 Å². The molecule has 36 heavy (non-hydrogen) atoms. The Hall–Kier alpha value is -3.36. The predicted octanol–water partition coefficient (Wildman–Crippen LogP) is 5.19. The molecule has 2 amide bonds. The van der Waals surface area contributed by atoms with Crippen LogP contribution in [0.25, 0.3) is 6.08 Å². The number of anilines is 1. The van der Waals surface area contributed by atoms with Crippen molar-refractivity contribution in [3.05, 3.63) is 64.6 Å². The first-order chi connectivity index (χ1) is 17.2. The Morgan fingerprint density at radius 1 is 1.22 bits per heavy atom. The summed E-state index contributed by atoms with van der Waals surface area (Å²) in [6, 6.07) is 11.6. The lowest BCUT2D eigenvalue weighted by atomic mass is 10.2. The maximum atomic E-state index is 12.8. The van der Waals surface area contributed by atoms with Crippen molar-refractivity contribution in [2.45, 2.75) is 10.5 Å². The Kier molecular flexibility index (Phi) is 7.96. The Morgan fingerprint density at radius 2 is 2.00 bits per heavy atom. The van der Waals surface area contributed by atoms with Crippen molar-refractivity contribution in [2.75, 3.05) is 18.2 Å². The number of hydrogen-bond acceptors (Lipinski definition) is 9. The van der Waals surface area contributed by atoms with Crippen LogP contribution in [0.4, 0.5) is 24.0 Å². The van der Waals surface area contributed by atoms with Gasteiger partial charge >= 0.3 is 6.18 Å². The highest BCUT2D eigenvalue weighted by Crippen LogP contribution is 2.33. The highest BCUT2D eigenvalue weighted by Gasteiger charge is 2.30. The van der Waals surface area contributed by atoms with E-state index in [1.807, 2.05) is 12.1 Å². The third-order valence-corrected chi connectivity index (χ3v) is 7.32. The minimum Gasteiger partial charge on any atom is -0.497 e. The summed E-state index contributed by atoms with van der Waals surface area (Å²) in [5.41, 5.74) is 0.0275. The fourth-order valence-corrected chi connectivity index (χ4v) is 5.22. The number of amides is 2. The van der Waals surface area contributed by atoms with Crippen molar-refractivity contribution in [1.82, 2.24) is 15.5 Å². The molecular formula is C22H16F3N5O3S3. The van der Waals surface area contributed by atoms with Crippen molar-refractivity contribution in [3.8, 4) is 5.75 Å². The summed E-state index contributed by atoms with van der Waals surface area (Å²) >= 11 is 3.34. The summed E-state index contributed by atoms with van der Waals surface area (Å²) in [4.78, 5) is 29.2. The highest BCUT2D eigenvalue weighted by molar-refractivity contribution is 8.18. The number of ether oxygens (including phenoxy) is 1. The zero-order valence-electron chi connectivity index (χ0n) is 18.3. The second-order valence-corrected chi connectivity index (χ2v) is 10.2. The topological polar surface area (TPSA) is 106 Å². The quantitative estimate of drug-likeness (QED) is 0.308. The zero-order chi connectivity index (χ0) is 25.7. The average molecular weight is 552 g/mol. The van der Waals surface area contributed by atoms with E-state index in [0.29, 0.717) is 20.2 Å². The summed E-state index contributed by atoms with van der Waals surface area (Å²) in [6.45, 7) is 0. The van der Waals surface area contributed by atoms with E-state index in [2.05, 4.69) is 25.8 Å². The number of nitrogens with zero attached hydrogens (tertiary/aromatic N) is 3. The molecule has 0 aliphatic carbocycles. The van der Waals surface area contributed by atoms with Crippen molar-refractivity contribution in [2.24, 2.45) is 4.99 Å². The van der Waals surface area contributed by atoms with Crippen LogP contribution in [0, 0.1) is 0 Å². The Bertz CT molecular complexity index is 1340. The number of thioether (sulfide) groups is 2. The first kappa shape index (κ1) is 25.7. The lowest BCUT2D eigenvalue weighted by molar-refractivity contribution is -0.137. The summed E-state index contributed by atoms with van der Waals surface area (Å²) in [7, 11) is 1.57. The van der Waals surface area contributed by atoms with Gasteiger partial charge in [0, 0.05) is 5.69 Å². The molecule has 0 atom stereocenters. The van der Waals surface area contributed by atoms with Gasteiger partial charge in [0.25, 0.3) is 5.91 Å². The molecule has 2 heterocycles. The number of halogens is 3. The molecule has 4 rings (SSSR count). The van der Waals surface area contributed by atoms with Crippen LogP contribution in [0.15, 0.2) is 62.8 Å². The molecule has 1 saturated heterocycles. The number of benzene rings is 2. The third-order valence-electron chi connectivity index (χ3n) is 4.46. The summed E-state index contributed by atoms with van der Waals surface area (Å²) in [5.74, 6) is -0.155. The van der Waals surface area contributed by atoms with Crippen LogP contribution in [-0.2, 0) is 15.8 Å². The van der Waals surface area contributed by atoms with Gasteiger partial charge in [0.1, 0.15) is 5.75 Å². The molecule has 14 heteroatoms. The van der Waals surface area contributed by atoms with Crippen LogP contribution >= 0.6 is 34.9 Å². The standard InChI is InChI=1S/C22H16F3N5O3S3/c1-33-15-7-5-12(6-8-15)9-16-18(32)27-19(35-16)28-20-29-30-21(36-20)34-11-17(31)26-14-4-2-3-13(10-14)22(23,24)25/h2-10H,11H2,1H3,(H,26,31)(H,27,28,29,32)/b16-9-. The Labute approximate surface area is 215 Å². The van der Waals surface area contributed by atoms with E-state index >= 15 is 0 Å². The zero-order valence-corrected chi connectivity index (χ0v) is 20.8. The number of rotatable bonds is 7. The van der Waals surface area contributed by atoms with Crippen molar-refractivity contribution in [3.63, 3.8) is 0 Å². The van der Waals surface area contributed by atoms with Crippen LogP contribution in [-0.4, -0.2) is 40.0 Å². The molecule has 0 radical (unpaired) electrons. The van der Waals surface area contributed by atoms with Crippen LogP contribution in [0.2, 0.25) is 0 Å². The lowest BCUT2D eigenvalue weighted by Gasteiger charge is -2.09. The summed E-state index contributed by atoms with van der Waals surface area (Å²) in [6.07, 6.45) is -2.77. The van der Waals surface area contributed by atoms with Crippen LogP contribution in [0.1, 0.15) is 11.1 Å². The Balaban J connectivity index is 1.32. The van der Waals surface area contributed by atoms with Gasteiger partial charge in [-0.1, -0.05) is 41.3 Å².